The Morgan fingerprint density at radius 2 is 1.33 bits per heavy atom. The molecule has 0 amide bonds. The molecule has 0 bridgehead atoms. The van der Waals surface area contributed by atoms with E-state index in [4.69, 9.17) is 11.5 Å². The molecule has 4 N–H and O–H groups in total. The number of hydrogen-bond donors (Lipinski definition) is 2. The monoisotopic (exact) mass is 498 g/mol. The lowest BCUT2D eigenvalue weighted by Gasteiger charge is -2.17. The zero-order chi connectivity index (χ0) is 19.7. The standard InChI is InChI=1S/C21H30Br2N4/c1-21(23,27-16-11-19(25)12-17-27)13-7-5-3-2-4-6-8-20(22)26-14-9-18(24)10-15-26/h9-12,14-17,20,24-25H,2-8,13H2,1H3/p+2. The molecule has 2 heterocycles. The van der Waals surface area contributed by atoms with Gasteiger partial charge in [0.05, 0.1) is 0 Å². The summed E-state index contributed by atoms with van der Waals surface area (Å²) in [6, 6.07) is 7.77. The maximum atomic E-state index is 5.77. The number of nitrogen functional groups attached to an aromatic ring is 2. The fourth-order valence-corrected chi connectivity index (χ4v) is 4.24. The molecular weight excluding hydrogens is 468 g/mol. The molecule has 4 nitrogen and oxygen atoms in total. The van der Waals surface area contributed by atoms with Crippen LogP contribution < -0.4 is 20.6 Å². The molecule has 2 atom stereocenters. The van der Waals surface area contributed by atoms with Gasteiger partial charge >= 0.3 is 0 Å². The van der Waals surface area contributed by atoms with E-state index in [1.807, 2.05) is 49.1 Å². The van der Waals surface area contributed by atoms with Gasteiger partial charge in [-0.1, -0.05) is 25.7 Å². The van der Waals surface area contributed by atoms with Crippen molar-refractivity contribution < 1.29 is 9.13 Å². The molecule has 0 aliphatic carbocycles. The summed E-state index contributed by atoms with van der Waals surface area (Å²) in [4.78, 5) is 0.351. The van der Waals surface area contributed by atoms with Gasteiger partial charge in [-0.25, -0.2) is 0 Å². The first kappa shape index (κ1) is 22.2. The second kappa shape index (κ2) is 11.0. The van der Waals surface area contributed by atoms with Crippen LogP contribution in [0.25, 0.3) is 0 Å². The number of halogens is 2. The Morgan fingerprint density at radius 3 is 1.93 bits per heavy atom. The lowest BCUT2D eigenvalue weighted by molar-refractivity contribution is -0.733. The van der Waals surface area contributed by atoms with Crippen LogP contribution in [0.1, 0.15) is 63.2 Å². The van der Waals surface area contributed by atoms with E-state index in [1.165, 1.54) is 38.5 Å². The van der Waals surface area contributed by atoms with Gasteiger partial charge in [0.2, 0.25) is 9.40 Å². The van der Waals surface area contributed by atoms with Gasteiger partial charge in [0.25, 0.3) is 0 Å². The van der Waals surface area contributed by atoms with Gasteiger partial charge < -0.3 is 11.5 Å². The van der Waals surface area contributed by atoms with Crippen molar-refractivity contribution in [3.05, 3.63) is 49.1 Å². The lowest BCUT2D eigenvalue weighted by Crippen LogP contribution is -2.49. The summed E-state index contributed by atoms with van der Waals surface area (Å²) in [6.07, 6.45) is 18.0. The van der Waals surface area contributed by atoms with Crippen LogP contribution in [0.4, 0.5) is 11.4 Å². The number of anilines is 2. The third-order valence-corrected chi connectivity index (χ3v) is 6.66. The second-order valence-electron chi connectivity index (χ2n) is 7.35. The van der Waals surface area contributed by atoms with Crippen LogP contribution in [0, 0.1) is 0 Å². The van der Waals surface area contributed by atoms with Gasteiger partial charge in [0.1, 0.15) is 0 Å². The number of unbranched alkanes of at least 4 members (excludes halogenated alkanes) is 5. The maximum Gasteiger partial charge on any atom is 0.218 e. The predicted molar refractivity (Wildman–Crippen MR) is 120 cm³/mol. The van der Waals surface area contributed by atoms with E-state index in [1.54, 1.807) is 0 Å². The molecule has 0 aliphatic heterocycles. The van der Waals surface area contributed by atoms with E-state index in [0.717, 1.165) is 24.2 Å². The van der Waals surface area contributed by atoms with Crippen molar-refractivity contribution in [2.75, 3.05) is 11.5 Å². The van der Waals surface area contributed by atoms with Crippen LogP contribution in [0.2, 0.25) is 0 Å². The van der Waals surface area contributed by atoms with Crippen LogP contribution in [-0.4, -0.2) is 0 Å². The number of nitrogens with two attached hydrogens (primary N) is 2. The molecule has 0 saturated carbocycles. The Hall–Kier alpha value is -1.14. The highest BCUT2D eigenvalue weighted by Gasteiger charge is 2.29. The summed E-state index contributed by atoms with van der Waals surface area (Å²) in [5.41, 5.74) is 13.1. The second-order valence-corrected chi connectivity index (χ2v) is 10.1. The molecule has 0 spiro atoms. The Bertz CT molecular complexity index is 672. The van der Waals surface area contributed by atoms with Gasteiger partial charge in [-0.3, -0.25) is 0 Å². The molecule has 0 radical (unpaired) electrons. The van der Waals surface area contributed by atoms with Crippen molar-refractivity contribution in [3.8, 4) is 0 Å². The van der Waals surface area contributed by atoms with Gasteiger partial charge in [0.15, 0.2) is 24.8 Å². The summed E-state index contributed by atoms with van der Waals surface area (Å²) >= 11 is 7.62. The Morgan fingerprint density at radius 1 is 0.852 bits per heavy atom. The zero-order valence-corrected chi connectivity index (χ0v) is 19.3. The number of rotatable bonds is 11. The first-order valence-corrected chi connectivity index (χ1v) is 11.5. The van der Waals surface area contributed by atoms with Gasteiger partial charge in [-0.2, -0.15) is 9.13 Å². The van der Waals surface area contributed by atoms with Crippen LogP contribution in [0.3, 0.4) is 0 Å². The molecule has 0 saturated heterocycles. The van der Waals surface area contributed by atoms with Crippen LogP contribution in [0.15, 0.2) is 49.1 Å². The Labute approximate surface area is 180 Å². The predicted octanol–water partition coefficient (Wildman–Crippen LogP) is 5.21. The molecule has 27 heavy (non-hydrogen) atoms. The minimum absolute atomic E-state index is 0.0415. The van der Waals surface area contributed by atoms with E-state index in [2.05, 4.69) is 47.9 Å². The van der Waals surface area contributed by atoms with Gasteiger partial charge in [0, 0.05) is 55.4 Å². The normalized spacial score (nSPS) is 14.6. The topological polar surface area (TPSA) is 59.8 Å². The molecule has 0 aromatic carbocycles. The number of hydrogen-bond acceptors (Lipinski definition) is 2. The first-order valence-electron chi connectivity index (χ1n) is 9.75. The highest BCUT2D eigenvalue weighted by atomic mass is 79.9. The number of nitrogens with zero attached hydrogens (tertiary/aromatic N) is 2. The van der Waals surface area contributed by atoms with Gasteiger partial charge in [-0.05, 0) is 44.7 Å². The first-order chi connectivity index (χ1) is 12.9. The molecule has 148 valence electrons. The average Bonchev–Trinajstić information content (AvgIpc) is 2.64. The summed E-state index contributed by atoms with van der Waals surface area (Å²) in [7, 11) is 0. The molecule has 2 aromatic heterocycles. The van der Waals surface area contributed by atoms with Gasteiger partial charge in [-0.15, -0.1) is 0 Å². The lowest BCUT2D eigenvalue weighted by atomic mass is 10.1. The fraction of sp³-hybridized carbons (Fsp3) is 0.524. The minimum Gasteiger partial charge on any atom is -0.398 e. The molecule has 2 rings (SSSR count). The van der Waals surface area contributed by atoms with Crippen molar-refractivity contribution in [1.82, 2.24) is 0 Å². The quantitative estimate of drug-likeness (QED) is 0.253. The number of alkyl halides is 2. The summed E-state index contributed by atoms with van der Waals surface area (Å²) < 4.78 is 4.32. The van der Waals surface area contributed by atoms with Crippen molar-refractivity contribution >= 4 is 43.2 Å². The van der Waals surface area contributed by atoms with Crippen LogP contribution in [0.5, 0.6) is 0 Å². The summed E-state index contributed by atoms with van der Waals surface area (Å²) in [5, 5.41) is 0. The third kappa shape index (κ3) is 7.78. The molecule has 6 heteroatoms. The maximum absolute atomic E-state index is 5.77. The van der Waals surface area contributed by atoms with E-state index in [-0.39, 0.29) is 4.45 Å². The van der Waals surface area contributed by atoms with E-state index in [9.17, 15) is 0 Å². The Kier molecular flexibility index (Phi) is 9.03. The molecule has 2 aromatic rings. The third-order valence-electron chi connectivity index (χ3n) is 4.92. The smallest absolute Gasteiger partial charge is 0.218 e. The minimum atomic E-state index is -0.0415. The number of aromatic nitrogens is 2. The number of pyridine rings is 2. The SMILES string of the molecule is CC(Br)(CCCCCCCCC(Br)[n+]1ccc(N)cc1)[n+]1ccc(N)cc1. The van der Waals surface area contributed by atoms with Crippen molar-refractivity contribution in [2.45, 2.75) is 67.7 Å². The zero-order valence-electron chi connectivity index (χ0n) is 16.2. The fourth-order valence-electron chi connectivity index (χ4n) is 3.13. The molecule has 0 aliphatic rings. The van der Waals surface area contributed by atoms with Crippen LogP contribution in [-0.2, 0) is 4.45 Å². The van der Waals surface area contributed by atoms with Crippen LogP contribution >= 0.6 is 31.9 Å². The van der Waals surface area contributed by atoms with E-state index >= 15 is 0 Å². The van der Waals surface area contributed by atoms with Crippen molar-refractivity contribution in [2.24, 2.45) is 0 Å². The summed E-state index contributed by atoms with van der Waals surface area (Å²) in [5.74, 6) is 0. The van der Waals surface area contributed by atoms with E-state index < -0.39 is 0 Å². The largest absolute Gasteiger partial charge is 0.398 e. The highest BCUT2D eigenvalue weighted by molar-refractivity contribution is 9.09. The molecule has 2 unspecified atom stereocenters. The average molecular weight is 500 g/mol. The summed E-state index contributed by atoms with van der Waals surface area (Å²) in [6.45, 7) is 2.22. The molecule has 0 fully saturated rings. The Balaban J connectivity index is 1.55. The van der Waals surface area contributed by atoms with Crippen molar-refractivity contribution in [3.63, 3.8) is 0 Å². The molecular formula is C21H32Br2N4+2. The highest BCUT2D eigenvalue weighted by Crippen LogP contribution is 2.25. The van der Waals surface area contributed by atoms with E-state index in [0.29, 0.717) is 4.95 Å². The van der Waals surface area contributed by atoms with Crippen molar-refractivity contribution in [1.29, 1.82) is 0 Å².